The van der Waals surface area contributed by atoms with Crippen molar-refractivity contribution in [3.63, 3.8) is 0 Å². The molecule has 2 N–H and O–H groups in total. The number of esters is 1. The summed E-state index contributed by atoms with van der Waals surface area (Å²) in [5.74, 6) is -4.05. The minimum absolute atomic E-state index is 0.156. The SMILES string of the molecule is O=C1C[C@](O)(C(=O)O)c2cc(Cl)cc(OC(F)F)c2O1. The fourth-order valence-corrected chi connectivity index (χ4v) is 2.02. The second-order valence-electron chi connectivity index (χ2n) is 3.98. The third-order valence-corrected chi connectivity index (χ3v) is 2.87. The molecule has 0 fully saturated rings. The van der Waals surface area contributed by atoms with E-state index in [0.29, 0.717) is 0 Å². The van der Waals surface area contributed by atoms with Crippen LogP contribution < -0.4 is 9.47 Å². The van der Waals surface area contributed by atoms with Crippen molar-refractivity contribution in [3.8, 4) is 11.5 Å². The molecule has 0 aliphatic carbocycles. The first-order chi connectivity index (χ1) is 9.24. The second kappa shape index (κ2) is 4.88. The highest BCUT2D eigenvalue weighted by Crippen LogP contribution is 2.45. The zero-order valence-electron chi connectivity index (χ0n) is 9.60. The van der Waals surface area contributed by atoms with E-state index in [1.54, 1.807) is 0 Å². The van der Waals surface area contributed by atoms with Gasteiger partial charge in [0.2, 0.25) is 5.60 Å². The molecule has 0 bridgehead atoms. The third-order valence-electron chi connectivity index (χ3n) is 2.65. The molecule has 0 aromatic heterocycles. The molecule has 1 heterocycles. The largest absolute Gasteiger partial charge is 0.479 e. The number of ether oxygens (including phenoxy) is 2. The number of carboxylic acids is 1. The maximum Gasteiger partial charge on any atom is 0.387 e. The molecule has 1 atom stereocenters. The van der Waals surface area contributed by atoms with Crippen molar-refractivity contribution in [1.29, 1.82) is 0 Å². The Balaban J connectivity index is 2.66. The summed E-state index contributed by atoms with van der Waals surface area (Å²) >= 11 is 5.66. The van der Waals surface area contributed by atoms with Crippen molar-refractivity contribution in [3.05, 3.63) is 22.7 Å². The number of carbonyl (C=O) groups excluding carboxylic acids is 1. The number of carboxylic acid groups (broad SMARTS) is 1. The zero-order chi connectivity index (χ0) is 15.1. The monoisotopic (exact) mass is 308 g/mol. The number of aliphatic hydroxyl groups is 1. The van der Waals surface area contributed by atoms with E-state index >= 15 is 0 Å². The second-order valence-corrected chi connectivity index (χ2v) is 4.41. The van der Waals surface area contributed by atoms with E-state index in [1.165, 1.54) is 0 Å². The first-order valence-corrected chi connectivity index (χ1v) is 5.57. The molecule has 108 valence electrons. The average molecular weight is 309 g/mol. The summed E-state index contributed by atoms with van der Waals surface area (Å²) in [5.41, 5.74) is -3.04. The lowest BCUT2D eigenvalue weighted by molar-refractivity contribution is -0.168. The smallest absolute Gasteiger partial charge is 0.387 e. The van der Waals surface area contributed by atoms with Gasteiger partial charge in [0.1, 0.15) is 0 Å². The molecule has 2 rings (SSSR count). The Labute approximate surface area is 115 Å². The molecule has 0 spiro atoms. The standard InChI is InChI=1S/C11H7ClF2O6/c12-4-1-5-8(6(2-4)19-10(13)14)20-7(15)3-11(5,18)9(16)17/h1-2,10,18H,3H2,(H,16,17)/t11-/m1/s1. The minimum Gasteiger partial charge on any atom is -0.479 e. The zero-order valence-corrected chi connectivity index (χ0v) is 10.4. The van der Waals surface area contributed by atoms with Crippen molar-refractivity contribution in [2.75, 3.05) is 0 Å². The van der Waals surface area contributed by atoms with Crippen LogP contribution >= 0.6 is 11.6 Å². The topological polar surface area (TPSA) is 93.1 Å². The molecule has 20 heavy (non-hydrogen) atoms. The first kappa shape index (κ1) is 14.5. The van der Waals surface area contributed by atoms with Crippen LogP contribution in [0, 0.1) is 0 Å². The lowest BCUT2D eigenvalue weighted by atomic mass is 9.87. The highest BCUT2D eigenvalue weighted by Gasteiger charge is 2.48. The molecular weight excluding hydrogens is 302 g/mol. The molecule has 9 heteroatoms. The Morgan fingerprint density at radius 1 is 1.50 bits per heavy atom. The van der Waals surface area contributed by atoms with E-state index in [2.05, 4.69) is 9.47 Å². The molecule has 1 aromatic rings. The summed E-state index contributed by atoms with van der Waals surface area (Å²) in [6, 6.07) is 1.93. The minimum atomic E-state index is -3.24. The van der Waals surface area contributed by atoms with Gasteiger partial charge in [-0.3, -0.25) is 4.79 Å². The number of alkyl halides is 2. The Kier molecular flexibility index (Phi) is 3.53. The number of aliphatic carboxylic acids is 1. The quantitative estimate of drug-likeness (QED) is 0.649. The molecule has 0 saturated heterocycles. The van der Waals surface area contributed by atoms with Crippen molar-refractivity contribution in [2.24, 2.45) is 0 Å². The lowest BCUT2D eigenvalue weighted by Crippen LogP contribution is -2.42. The summed E-state index contributed by atoms with van der Waals surface area (Å²) in [6.07, 6.45) is -0.871. The van der Waals surface area contributed by atoms with Gasteiger partial charge in [0.05, 0.1) is 6.42 Å². The molecule has 6 nitrogen and oxygen atoms in total. The number of benzene rings is 1. The number of fused-ring (bicyclic) bond motifs is 1. The normalized spacial score (nSPS) is 21.4. The molecular formula is C11H7ClF2O6. The van der Waals surface area contributed by atoms with E-state index in [4.69, 9.17) is 16.7 Å². The van der Waals surface area contributed by atoms with Gasteiger partial charge >= 0.3 is 18.6 Å². The van der Waals surface area contributed by atoms with Crippen molar-refractivity contribution >= 4 is 23.5 Å². The van der Waals surface area contributed by atoms with Crippen LogP contribution in [-0.2, 0) is 15.2 Å². The molecule has 1 aliphatic heterocycles. The molecule has 1 aliphatic rings. The predicted molar refractivity (Wildman–Crippen MR) is 59.9 cm³/mol. The van der Waals surface area contributed by atoms with E-state index in [0.717, 1.165) is 12.1 Å². The van der Waals surface area contributed by atoms with E-state index < -0.39 is 47.6 Å². The predicted octanol–water partition coefficient (Wildman–Crippen LogP) is 1.52. The van der Waals surface area contributed by atoms with Gasteiger partial charge in [-0.15, -0.1) is 0 Å². The third kappa shape index (κ3) is 2.39. The van der Waals surface area contributed by atoms with Gasteiger partial charge in [-0.1, -0.05) is 11.6 Å². The molecule has 1 aromatic carbocycles. The van der Waals surface area contributed by atoms with Gasteiger partial charge in [0.15, 0.2) is 11.5 Å². The van der Waals surface area contributed by atoms with E-state index in [1.807, 2.05) is 0 Å². The lowest BCUT2D eigenvalue weighted by Gasteiger charge is -2.30. The summed E-state index contributed by atoms with van der Waals surface area (Å²) in [4.78, 5) is 22.5. The fraction of sp³-hybridized carbons (Fsp3) is 0.273. The Bertz CT molecular complexity index is 591. The molecule has 0 saturated carbocycles. The fourth-order valence-electron chi connectivity index (χ4n) is 1.81. The van der Waals surface area contributed by atoms with Crippen LogP contribution in [0.25, 0.3) is 0 Å². The number of hydrogen-bond acceptors (Lipinski definition) is 5. The van der Waals surface area contributed by atoms with Gasteiger partial charge in [-0.25, -0.2) is 4.79 Å². The molecule has 0 radical (unpaired) electrons. The van der Waals surface area contributed by atoms with Gasteiger partial charge in [0.25, 0.3) is 0 Å². The van der Waals surface area contributed by atoms with Gasteiger partial charge in [-0.2, -0.15) is 8.78 Å². The first-order valence-electron chi connectivity index (χ1n) is 5.19. The summed E-state index contributed by atoms with van der Waals surface area (Å²) in [7, 11) is 0. The van der Waals surface area contributed by atoms with Crippen molar-refractivity contribution in [2.45, 2.75) is 18.6 Å². The van der Waals surface area contributed by atoms with Crippen molar-refractivity contribution < 1.29 is 38.1 Å². The van der Waals surface area contributed by atoms with Crippen LogP contribution in [0.5, 0.6) is 11.5 Å². The highest BCUT2D eigenvalue weighted by molar-refractivity contribution is 6.31. The summed E-state index contributed by atoms with van der Waals surface area (Å²) < 4.78 is 33.4. The molecule has 0 amide bonds. The van der Waals surface area contributed by atoms with Crippen LogP contribution in [0.2, 0.25) is 5.02 Å². The van der Waals surface area contributed by atoms with E-state index in [9.17, 15) is 23.5 Å². The van der Waals surface area contributed by atoms with Gasteiger partial charge < -0.3 is 19.7 Å². The maximum absolute atomic E-state index is 12.3. The van der Waals surface area contributed by atoms with Gasteiger partial charge in [-0.05, 0) is 6.07 Å². The maximum atomic E-state index is 12.3. The van der Waals surface area contributed by atoms with Crippen LogP contribution in [0.4, 0.5) is 8.78 Å². The Morgan fingerprint density at radius 3 is 2.70 bits per heavy atom. The molecule has 0 unspecified atom stereocenters. The van der Waals surface area contributed by atoms with Crippen LogP contribution in [-0.4, -0.2) is 28.8 Å². The number of carbonyl (C=O) groups is 2. The number of rotatable bonds is 3. The van der Waals surface area contributed by atoms with E-state index in [-0.39, 0.29) is 5.02 Å². The number of halogens is 3. The summed E-state index contributed by atoms with van der Waals surface area (Å²) in [6.45, 7) is -3.24. The Morgan fingerprint density at radius 2 is 2.15 bits per heavy atom. The average Bonchev–Trinajstić information content (AvgIpc) is 2.29. The van der Waals surface area contributed by atoms with Crippen LogP contribution in [0.3, 0.4) is 0 Å². The Hall–Kier alpha value is -1.93. The highest BCUT2D eigenvalue weighted by atomic mass is 35.5. The van der Waals surface area contributed by atoms with Gasteiger partial charge in [0, 0.05) is 16.7 Å². The number of hydrogen-bond donors (Lipinski definition) is 2. The van der Waals surface area contributed by atoms with Crippen LogP contribution in [0.15, 0.2) is 12.1 Å². The van der Waals surface area contributed by atoms with Crippen LogP contribution in [0.1, 0.15) is 12.0 Å². The summed E-state index contributed by atoms with van der Waals surface area (Å²) in [5, 5.41) is 18.9. The van der Waals surface area contributed by atoms with Crippen molar-refractivity contribution in [1.82, 2.24) is 0 Å².